The molecule has 0 unspecified atom stereocenters. The molecule has 1 aromatic heterocycles. The van der Waals surface area contributed by atoms with E-state index in [1.807, 2.05) is 6.07 Å². The first-order valence-electron chi connectivity index (χ1n) is 6.23. The molecular formula is C15H17N3O2. The number of pyridine rings is 1. The Balaban J connectivity index is 2.21. The van der Waals surface area contributed by atoms with Crippen molar-refractivity contribution in [2.24, 2.45) is 0 Å². The van der Waals surface area contributed by atoms with Crippen LogP contribution in [0.3, 0.4) is 0 Å². The van der Waals surface area contributed by atoms with E-state index >= 15 is 0 Å². The molecule has 2 aromatic rings. The summed E-state index contributed by atoms with van der Waals surface area (Å²) in [5, 5.41) is 9.74. The van der Waals surface area contributed by atoms with Crippen molar-refractivity contribution in [2.45, 2.75) is 13.5 Å². The largest absolute Gasteiger partial charge is 0.508 e. The van der Waals surface area contributed by atoms with Crippen LogP contribution in [0.2, 0.25) is 0 Å². The zero-order valence-corrected chi connectivity index (χ0v) is 11.5. The first-order valence-corrected chi connectivity index (χ1v) is 6.23. The fourth-order valence-electron chi connectivity index (χ4n) is 1.94. The van der Waals surface area contributed by atoms with Crippen LogP contribution in [-0.4, -0.2) is 27.9 Å². The Morgan fingerprint density at radius 3 is 2.80 bits per heavy atom. The Kier molecular flexibility index (Phi) is 3.89. The van der Waals surface area contributed by atoms with E-state index in [1.54, 1.807) is 38.2 Å². The number of carbonyl (C=O) groups excluding carboxylic acids is 1. The highest BCUT2D eigenvalue weighted by molar-refractivity contribution is 5.95. The third kappa shape index (κ3) is 2.88. The molecule has 0 saturated carbocycles. The zero-order valence-electron chi connectivity index (χ0n) is 11.5. The predicted molar refractivity (Wildman–Crippen MR) is 77.3 cm³/mol. The van der Waals surface area contributed by atoms with Crippen molar-refractivity contribution in [3.63, 3.8) is 0 Å². The van der Waals surface area contributed by atoms with Crippen molar-refractivity contribution in [3.8, 4) is 5.75 Å². The summed E-state index contributed by atoms with van der Waals surface area (Å²) in [5.41, 5.74) is 7.92. The second-order valence-electron chi connectivity index (χ2n) is 4.69. The van der Waals surface area contributed by atoms with Gasteiger partial charge in [0.1, 0.15) is 5.75 Å². The van der Waals surface area contributed by atoms with Crippen molar-refractivity contribution >= 4 is 11.6 Å². The van der Waals surface area contributed by atoms with E-state index in [-0.39, 0.29) is 11.7 Å². The lowest BCUT2D eigenvalue weighted by molar-refractivity contribution is 0.0783. The molecule has 1 amide bonds. The lowest BCUT2D eigenvalue weighted by atomic mass is 10.1. The molecule has 5 heteroatoms. The predicted octanol–water partition coefficient (Wildman–Crippen LogP) is 1.95. The average molecular weight is 271 g/mol. The first kappa shape index (κ1) is 13.9. The molecule has 5 nitrogen and oxygen atoms in total. The minimum atomic E-state index is -0.175. The van der Waals surface area contributed by atoms with Crippen LogP contribution >= 0.6 is 0 Å². The number of para-hydroxylation sites is 1. The fourth-order valence-corrected chi connectivity index (χ4v) is 1.94. The van der Waals surface area contributed by atoms with Gasteiger partial charge in [-0.3, -0.25) is 9.78 Å². The number of nitrogens with two attached hydrogens (primary N) is 1. The number of phenols is 1. The Labute approximate surface area is 117 Å². The van der Waals surface area contributed by atoms with Gasteiger partial charge in [0.2, 0.25) is 0 Å². The molecule has 0 aliphatic heterocycles. The van der Waals surface area contributed by atoms with Crippen LogP contribution in [0, 0.1) is 6.92 Å². The number of carbonyl (C=O) groups is 1. The highest BCUT2D eigenvalue weighted by atomic mass is 16.3. The number of benzene rings is 1. The fraction of sp³-hybridized carbons (Fsp3) is 0.200. The summed E-state index contributed by atoms with van der Waals surface area (Å²) in [6.07, 6.45) is 1.52. The molecular weight excluding hydrogens is 254 g/mol. The van der Waals surface area contributed by atoms with Gasteiger partial charge < -0.3 is 15.7 Å². The molecule has 0 aliphatic rings. The summed E-state index contributed by atoms with van der Waals surface area (Å²) >= 11 is 0. The minimum Gasteiger partial charge on any atom is -0.508 e. The lowest BCUT2D eigenvalue weighted by Crippen LogP contribution is -2.27. The van der Waals surface area contributed by atoms with Gasteiger partial charge in [-0.1, -0.05) is 18.2 Å². The number of hydrogen-bond donors (Lipinski definition) is 2. The van der Waals surface area contributed by atoms with Crippen molar-refractivity contribution in [1.29, 1.82) is 0 Å². The standard InChI is InChI=1S/C15H17N3O2/c1-10-13(7-12(16)8-17-10)15(20)18(2)9-11-5-3-4-6-14(11)19/h3-8,19H,9,16H2,1-2H3. The SMILES string of the molecule is Cc1ncc(N)cc1C(=O)N(C)Cc1ccccc1O. The number of nitrogen functional groups attached to an aromatic ring is 1. The highest BCUT2D eigenvalue weighted by Crippen LogP contribution is 2.19. The molecule has 1 heterocycles. The quantitative estimate of drug-likeness (QED) is 0.894. The molecule has 104 valence electrons. The molecule has 3 N–H and O–H groups in total. The molecule has 0 saturated heterocycles. The average Bonchev–Trinajstić information content (AvgIpc) is 2.43. The van der Waals surface area contributed by atoms with E-state index in [9.17, 15) is 9.90 Å². The third-order valence-electron chi connectivity index (χ3n) is 3.08. The normalized spacial score (nSPS) is 10.3. The van der Waals surface area contributed by atoms with Crippen LogP contribution in [0.4, 0.5) is 5.69 Å². The van der Waals surface area contributed by atoms with Gasteiger partial charge in [-0.2, -0.15) is 0 Å². The zero-order chi connectivity index (χ0) is 14.7. The van der Waals surface area contributed by atoms with Gasteiger partial charge in [-0.05, 0) is 19.1 Å². The summed E-state index contributed by atoms with van der Waals surface area (Å²) < 4.78 is 0. The molecule has 0 aliphatic carbocycles. The minimum absolute atomic E-state index is 0.175. The monoisotopic (exact) mass is 271 g/mol. The summed E-state index contributed by atoms with van der Waals surface area (Å²) in [6, 6.07) is 8.56. The van der Waals surface area contributed by atoms with E-state index in [0.29, 0.717) is 29.1 Å². The number of hydrogen-bond acceptors (Lipinski definition) is 4. The van der Waals surface area contributed by atoms with Crippen LogP contribution in [0.25, 0.3) is 0 Å². The van der Waals surface area contributed by atoms with Gasteiger partial charge in [-0.15, -0.1) is 0 Å². The summed E-state index contributed by atoms with van der Waals surface area (Å²) in [6.45, 7) is 2.08. The van der Waals surface area contributed by atoms with Gasteiger partial charge >= 0.3 is 0 Å². The number of aryl methyl sites for hydroxylation is 1. The molecule has 1 aromatic carbocycles. The Hall–Kier alpha value is -2.56. The Bertz CT molecular complexity index is 641. The van der Waals surface area contributed by atoms with Crippen molar-refractivity contribution in [2.75, 3.05) is 12.8 Å². The second kappa shape index (κ2) is 5.61. The van der Waals surface area contributed by atoms with Crippen LogP contribution in [0.1, 0.15) is 21.6 Å². The van der Waals surface area contributed by atoms with Crippen molar-refractivity contribution < 1.29 is 9.90 Å². The third-order valence-corrected chi connectivity index (χ3v) is 3.08. The number of aromatic hydroxyl groups is 1. The number of nitrogens with zero attached hydrogens (tertiary/aromatic N) is 2. The van der Waals surface area contributed by atoms with Crippen LogP contribution < -0.4 is 5.73 Å². The molecule has 2 rings (SSSR count). The number of anilines is 1. The first-order chi connectivity index (χ1) is 9.49. The summed E-state index contributed by atoms with van der Waals surface area (Å²) in [7, 11) is 1.68. The Morgan fingerprint density at radius 2 is 2.10 bits per heavy atom. The summed E-state index contributed by atoms with van der Waals surface area (Å²) in [4.78, 5) is 18.0. The van der Waals surface area contributed by atoms with Gasteiger partial charge in [0, 0.05) is 19.2 Å². The number of phenolic OH excluding ortho intramolecular Hbond substituents is 1. The van der Waals surface area contributed by atoms with E-state index in [2.05, 4.69) is 4.98 Å². The Morgan fingerprint density at radius 1 is 1.40 bits per heavy atom. The van der Waals surface area contributed by atoms with E-state index < -0.39 is 0 Å². The maximum Gasteiger partial charge on any atom is 0.255 e. The van der Waals surface area contributed by atoms with E-state index in [1.165, 1.54) is 11.1 Å². The number of aromatic nitrogens is 1. The van der Waals surface area contributed by atoms with Crippen LogP contribution in [0.15, 0.2) is 36.5 Å². The van der Waals surface area contributed by atoms with Crippen LogP contribution in [-0.2, 0) is 6.54 Å². The maximum absolute atomic E-state index is 12.4. The number of rotatable bonds is 3. The molecule has 0 bridgehead atoms. The lowest BCUT2D eigenvalue weighted by Gasteiger charge is -2.19. The van der Waals surface area contributed by atoms with E-state index in [0.717, 1.165) is 0 Å². The van der Waals surface area contributed by atoms with Crippen molar-refractivity contribution in [3.05, 3.63) is 53.3 Å². The van der Waals surface area contributed by atoms with Gasteiger partial charge in [0.05, 0.1) is 23.1 Å². The van der Waals surface area contributed by atoms with Crippen molar-refractivity contribution in [1.82, 2.24) is 9.88 Å². The topological polar surface area (TPSA) is 79.5 Å². The molecule has 0 spiro atoms. The van der Waals surface area contributed by atoms with E-state index in [4.69, 9.17) is 5.73 Å². The van der Waals surface area contributed by atoms with Crippen LogP contribution in [0.5, 0.6) is 5.75 Å². The highest BCUT2D eigenvalue weighted by Gasteiger charge is 2.16. The maximum atomic E-state index is 12.4. The summed E-state index contributed by atoms with van der Waals surface area (Å²) in [5.74, 6) is 0.000116. The van der Waals surface area contributed by atoms with Gasteiger partial charge in [0.15, 0.2) is 0 Å². The molecule has 0 atom stereocenters. The molecule has 0 radical (unpaired) electrons. The molecule has 20 heavy (non-hydrogen) atoms. The second-order valence-corrected chi connectivity index (χ2v) is 4.69. The smallest absolute Gasteiger partial charge is 0.255 e. The van der Waals surface area contributed by atoms with Gasteiger partial charge in [0.25, 0.3) is 5.91 Å². The molecule has 0 fully saturated rings. The van der Waals surface area contributed by atoms with Gasteiger partial charge in [-0.25, -0.2) is 0 Å². The number of amides is 1.